The lowest BCUT2D eigenvalue weighted by molar-refractivity contribution is -0.141. The predicted octanol–water partition coefficient (Wildman–Crippen LogP) is 1.43. The van der Waals surface area contributed by atoms with Gasteiger partial charge >= 0.3 is 5.97 Å². The lowest BCUT2D eigenvalue weighted by Gasteiger charge is -2.36. The molecule has 0 saturated carbocycles. The molecule has 136 valence electrons. The first-order valence-corrected chi connectivity index (χ1v) is 9.89. The Bertz CT molecular complexity index is 772. The van der Waals surface area contributed by atoms with Gasteiger partial charge in [-0.15, -0.1) is 0 Å². The molecule has 0 aromatic heterocycles. The monoisotopic (exact) mass is 386 g/mol. The number of carboxylic acid groups (broad SMARTS) is 1. The highest BCUT2D eigenvalue weighted by atomic mass is 35.5. The summed E-state index contributed by atoms with van der Waals surface area (Å²) in [7, 11) is -3.59. The molecule has 2 fully saturated rings. The van der Waals surface area contributed by atoms with Crippen LogP contribution in [0.4, 0.5) is 0 Å². The number of likely N-dealkylation sites (tertiary alicyclic amines) is 1. The van der Waals surface area contributed by atoms with Crippen molar-refractivity contribution in [3.63, 3.8) is 0 Å². The maximum absolute atomic E-state index is 12.7. The van der Waals surface area contributed by atoms with Crippen LogP contribution >= 0.6 is 11.6 Å². The van der Waals surface area contributed by atoms with Crippen LogP contribution in [-0.4, -0.2) is 60.3 Å². The first-order chi connectivity index (χ1) is 11.8. The highest BCUT2D eigenvalue weighted by Crippen LogP contribution is 2.28. The van der Waals surface area contributed by atoms with E-state index < -0.39 is 21.9 Å². The average Bonchev–Trinajstić information content (AvgIpc) is 2.97. The predicted molar refractivity (Wildman–Crippen MR) is 90.7 cm³/mol. The molecule has 1 N–H and O–H groups in total. The second kappa shape index (κ2) is 6.93. The van der Waals surface area contributed by atoms with E-state index in [1.807, 2.05) is 0 Å². The zero-order chi connectivity index (χ0) is 18.2. The summed E-state index contributed by atoms with van der Waals surface area (Å²) in [5, 5.41) is 9.54. The number of hydrogen-bond acceptors (Lipinski definition) is 4. The molecule has 1 atom stereocenters. The fourth-order valence-corrected chi connectivity index (χ4v) is 5.00. The summed E-state index contributed by atoms with van der Waals surface area (Å²) < 4.78 is 26.7. The summed E-state index contributed by atoms with van der Waals surface area (Å²) in [6.07, 6.45) is 1.04. The molecule has 1 amide bonds. The van der Waals surface area contributed by atoms with E-state index in [-0.39, 0.29) is 29.8 Å². The Labute approximate surface area is 151 Å². The number of aliphatic carboxylic acids is 1. The normalized spacial score (nSPS) is 23.2. The molecule has 2 aliphatic heterocycles. The van der Waals surface area contributed by atoms with Crippen molar-refractivity contribution in [2.75, 3.05) is 19.6 Å². The lowest BCUT2D eigenvalue weighted by atomic mass is 10.1. The van der Waals surface area contributed by atoms with Crippen LogP contribution in [-0.2, 0) is 19.6 Å². The fraction of sp³-hybridized carbons (Fsp3) is 0.500. The first kappa shape index (κ1) is 18.2. The van der Waals surface area contributed by atoms with Gasteiger partial charge in [-0.1, -0.05) is 11.6 Å². The summed E-state index contributed by atoms with van der Waals surface area (Å²) in [4.78, 5) is 24.9. The number of benzene rings is 1. The average molecular weight is 387 g/mol. The van der Waals surface area contributed by atoms with Gasteiger partial charge in [0.1, 0.15) is 0 Å². The van der Waals surface area contributed by atoms with Crippen LogP contribution in [0.5, 0.6) is 0 Å². The quantitative estimate of drug-likeness (QED) is 0.844. The molecule has 2 saturated heterocycles. The van der Waals surface area contributed by atoms with Crippen molar-refractivity contribution in [2.45, 2.75) is 30.2 Å². The summed E-state index contributed by atoms with van der Waals surface area (Å²) in [6, 6.07) is 5.93. The number of rotatable bonds is 4. The van der Waals surface area contributed by atoms with Crippen molar-refractivity contribution in [1.29, 1.82) is 0 Å². The second-order valence-corrected chi connectivity index (χ2v) is 8.75. The van der Waals surface area contributed by atoms with E-state index in [1.165, 1.54) is 28.6 Å². The van der Waals surface area contributed by atoms with E-state index in [0.29, 0.717) is 31.0 Å². The number of nitrogens with zero attached hydrogens (tertiary/aromatic N) is 2. The minimum atomic E-state index is -3.59. The molecule has 2 aliphatic rings. The van der Waals surface area contributed by atoms with Gasteiger partial charge in [-0.3, -0.25) is 9.59 Å². The first-order valence-electron chi connectivity index (χ1n) is 8.07. The van der Waals surface area contributed by atoms with Gasteiger partial charge in [-0.25, -0.2) is 8.42 Å². The van der Waals surface area contributed by atoms with Crippen LogP contribution in [0.25, 0.3) is 0 Å². The van der Waals surface area contributed by atoms with E-state index in [0.717, 1.165) is 0 Å². The maximum Gasteiger partial charge on any atom is 0.308 e. The third-order valence-corrected chi connectivity index (χ3v) is 6.99. The minimum absolute atomic E-state index is 0.0264. The number of carbonyl (C=O) groups excluding carboxylic acids is 1. The van der Waals surface area contributed by atoms with Gasteiger partial charge in [0.2, 0.25) is 15.9 Å². The Morgan fingerprint density at radius 3 is 2.28 bits per heavy atom. The zero-order valence-corrected chi connectivity index (χ0v) is 15.0. The van der Waals surface area contributed by atoms with E-state index >= 15 is 0 Å². The Morgan fingerprint density at radius 2 is 1.76 bits per heavy atom. The Kier molecular flexibility index (Phi) is 5.04. The molecule has 0 bridgehead atoms. The van der Waals surface area contributed by atoms with Gasteiger partial charge in [-0.05, 0) is 37.1 Å². The van der Waals surface area contributed by atoms with Crippen molar-refractivity contribution >= 4 is 33.5 Å². The van der Waals surface area contributed by atoms with Crippen LogP contribution in [0, 0.1) is 5.92 Å². The van der Waals surface area contributed by atoms with Gasteiger partial charge in [0, 0.05) is 37.1 Å². The summed E-state index contributed by atoms with van der Waals surface area (Å²) in [5.74, 6) is -1.78. The molecule has 1 aromatic rings. The number of piperidine rings is 1. The third kappa shape index (κ3) is 3.65. The third-order valence-electron chi connectivity index (χ3n) is 4.82. The molecule has 1 aromatic carbocycles. The van der Waals surface area contributed by atoms with Crippen LogP contribution in [0.15, 0.2) is 29.2 Å². The van der Waals surface area contributed by atoms with E-state index in [9.17, 15) is 18.0 Å². The number of carbonyl (C=O) groups is 2. The highest BCUT2D eigenvalue weighted by Gasteiger charge is 2.40. The Hall–Kier alpha value is -1.64. The molecule has 3 rings (SSSR count). The molecular weight excluding hydrogens is 368 g/mol. The summed E-state index contributed by atoms with van der Waals surface area (Å²) >= 11 is 5.80. The minimum Gasteiger partial charge on any atom is -0.481 e. The summed E-state index contributed by atoms with van der Waals surface area (Å²) in [6.45, 7) is 0.817. The molecule has 0 radical (unpaired) electrons. The largest absolute Gasteiger partial charge is 0.481 e. The fourth-order valence-electron chi connectivity index (χ4n) is 3.40. The van der Waals surface area contributed by atoms with E-state index in [2.05, 4.69) is 0 Å². The highest BCUT2D eigenvalue weighted by molar-refractivity contribution is 7.89. The Morgan fingerprint density at radius 1 is 1.16 bits per heavy atom. The molecule has 0 aliphatic carbocycles. The van der Waals surface area contributed by atoms with Crippen molar-refractivity contribution in [1.82, 2.24) is 9.21 Å². The number of carboxylic acids is 1. The summed E-state index contributed by atoms with van der Waals surface area (Å²) in [5.41, 5.74) is 0. The smallest absolute Gasteiger partial charge is 0.308 e. The van der Waals surface area contributed by atoms with E-state index in [4.69, 9.17) is 16.7 Å². The van der Waals surface area contributed by atoms with Crippen LogP contribution < -0.4 is 0 Å². The standard InChI is InChI=1S/C16H19ClN2O5S/c17-12-1-3-14(4-2-12)25(23,24)18-7-5-13(6-8-18)19-10-11(16(21)22)9-15(19)20/h1-4,11,13H,5-10H2,(H,21,22). The number of hydrogen-bond donors (Lipinski definition) is 1. The van der Waals surface area contributed by atoms with Gasteiger partial charge in [-0.2, -0.15) is 4.31 Å². The van der Waals surface area contributed by atoms with Crippen molar-refractivity contribution < 1.29 is 23.1 Å². The Balaban J connectivity index is 1.65. The molecular formula is C16H19ClN2O5S. The van der Waals surface area contributed by atoms with Crippen LogP contribution in [0.2, 0.25) is 5.02 Å². The van der Waals surface area contributed by atoms with Crippen LogP contribution in [0.1, 0.15) is 19.3 Å². The zero-order valence-electron chi connectivity index (χ0n) is 13.5. The molecule has 7 nitrogen and oxygen atoms in total. The van der Waals surface area contributed by atoms with Crippen molar-refractivity contribution in [3.8, 4) is 0 Å². The number of sulfonamides is 1. The maximum atomic E-state index is 12.7. The van der Waals surface area contributed by atoms with Gasteiger partial charge in [0.05, 0.1) is 10.8 Å². The van der Waals surface area contributed by atoms with Crippen molar-refractivity contribution in [2.24, 2.45) is 5.92 Å². The van der Waals surface area contributed by atoms with Crippen molar-refractivity contribution in [3.05, 3.63) is 29.3 Å². The molecule has 9 heteroatoms. The van der Waals surface area contributed by atoms with Gasteiger partial charge in [0.15, 0.2) is 0 Å². The molecule has 2 heterocycles. The lowest BCUT2D eigenvalue weighted by Crippen LogP contribution is -2.47. The van der Waals surface area contributed by atoms with Crippen LogP contribution in [0.3, 0.4) is 0 Å². The SMILES string of the molecule is O=C(O)C1CC(=O)N(C2CCN(S(=O)(=O)c3ccc(Cl)cc3)CC2)C1. The topological polar surface area (TPSA) is 95.0 Å². The van der Waals surface area contributed by atoms with Gasteiger partial charge in [0.25, 0.3) is 0 Å². The second-order valence-electron chi connectivity index (χ2n) is 6.37. The molecule has 25 heavy (non-hydrogen) atoms. The number of amides is 1. The molecule has 0 spiro atoms. The van der Waals surface area contributed by atoms with Gasteiger partial charge < -0.3 is 10.0 Å². The molecule has 1 unspecified atom stereocenters. The van der Waals surface area contributed by atoms with E-state index in [1.54, 1.807) is 4.90 Å². The number of halogens is 1.